The van der Waals surface area contributed by atoms with Gasteiger partial charge in [-0.05, 0) is 44.4 Å². The molecule has 1 aromatic carbocycles. The second-order valence-electron chi connectivity index (χ2n) is 5.96. The summed E-state index contributed by atoms with van der Waals surface area (Å²) in [6.45, 7) is 3.73. The molecule has 0 aliphatic heterocycles. The summed E-state index contributed by atoms with van der Waals surface area (Å²) in [5.74, 6) is 0.670. The van der Waals surface area contributed by atoms with E-state index in [-0.39, 0.29) is 11.9 Å². The van der Waals surface area contributed by atoms with Crippen molar-refractivity contribution in [3.05, 3.63) is 29.8 Å². The molecule has 0 bridgehead atoms. The molecule has 1 aromatic rings. The van der Waals surface area contributed by atoms with E-state index in [0.717, 1.165) is 18.4 Å². The highest BCUT2D eigenvalue weighted by molar-refractivity contribution is 5.81. The number of hydrogen-bond acceptors (Lipinski definition) is 3. The summed E-state index contributed by atoms with van der Waals surface area (Å²) in [6, 6.07) is 7.92. The minimum absolute atomic E-state index is 0.00562. The van der Waals surface area contributed by atoms with Gasteiger partial charge in [0.15, 0.2) is 6.10 Å². The van der Waals surface area contributed by atoms with Crippen molar-refractivity contribution in [3.8, 4) is 5.75 Å². The summed E-state index contributed by atoms with van der Waals surface area (Å²) in [6.07, 6.45) is 5.39. The molecule has 2 atom stereocenters. The van der Waals surface area contributed by atoms with Gasteiger partial charge in [-0.2, -0.15) is 0 Å². The van der Waals surface area contributed by atoms with Gasteiger partial charge in [0.2, 0.25) is 0 Å². The Labute approximate surface area is 127 Å². The third-order valence-electron chi connectivity index (χ3n) is 4.04. The van der Waals surface area contributed by atoms with Crippen LogP contribution < -0.4 is 15.8 Å². The Hall–Kier alpha value is -1.55. The molecule has 1 unspecified atom stereocenters. The Morgan fingerprint density at radius 1 is 1.19 bits per heavy atom. The largest absolute Gasteiger partial charge is 0.481 e. The zero-order valence-electron chi connectivity index (χ0n) is 13.0. The number of carbonyl (C=O) groups excluding carboxylic acids is 1. The standard InChI is InChI=1S/C17H26N2O2/c1-12(18)14-8-10-16(11-9-14)21-13(2)17(20)19-15-6-4-3-5-7-15/h8-13,15H,3-7,18H2,1-2H3,(H,19,20)/t12-,13?/m1/s1. The van der Waals surface area contributed by atoms with Crippen LogP contribution in [0.1, 0.15) is 57.6 Å². The lowest BCUT2D eigenvalue weighted by atomic mass is 9.95. The molecule has 0 saturated heterocycles. The lowest BCUT2D eigenvalue weighted by Crippen LogP contribution is -2.43. The maximum Gasteiger partial charge on any atom is 0.260 e. The maximum atomic E-state index is 12.1. The highest BCUT2D eigenvalue weighted by atomic mass is 16.5. The number of nitrogens with one attached hydrogen (secondary N) is 1. The molecule has 3 N–H and O–H groups in total. The third kappa shape index (κ3) is 4.74. The van der Waals surface area contributed by atoms with E-state index in [1.165, 1.54) is 19.3 Å². The van der Waals surface area contributed by atoms with Crippen LogP contribution in [0.3, 0.4) is 0 Å². The second kappa shape index (κ2) is 7.46. The molecule has 1 saturated carbocycles. The molecular formula is C17H26N2O2. The van der Waals surface area contributed by atoms with Crippen LogP contribution in [0.15, 0.2) is 24.3 Å². The average molecular weight is 290 g/mol. The SMILES string of the molecule is CC(Oc1ccc([C@@H](C)N)cc1)C(=O)NC1CCCCC1. The van der Waals surface area contributed by atoms with E-state index in [4.69, 9.17) is 10.5 Å². The van der Waals surface area contributed by atoms with Gasteiger partial charge in [0, 0.05) is 12.1 Å². The normalized spacial score (nSPS) is 18.8. The summed E-state index contributed by atoms with van der Waals surface area (Å²) in [4.78, 5) is 12.1. The summed E-state index contributed by atoms with van der Waals surface area (Å²) >= 11 is 0. The predicted molar refractivity (Wildman–Crippen MR) is 84.2 cm³/mol. The van der Waals surface area contributed by atoms with Gasteiger partial charge in [-0.15, -0.1) is 0 Å². The zero-order chi connectivity index (χ0) is 15.2. The van der Waals surface area contributed by atoms with Crippen LogP contribution in [0.25, 0.3) is 0 Å². The zero-order valence-corrected chi connectivity index (χ0v) is 13.0. The average Bonchev–Trinajstić information content (AvgIpc) is 2.48. The number of amides is 1. The smallest absolute Gasteiger partial charge is 0.260 e. The molecule has 0 heterocycles. The van der Waals surface area contributed by atoms with Gasteiger partial charge in [0.05, 0.1) is 0 Å². The van der Waals surface area contributed by atoms with Gasteiger partial charge in [-0.1, -0.05) is 31.4 Å². The predicted octanol–water partition coefficient (Wildman–Crippen LogP) is 2.92. The van der Waals surface area contributed by atoms with Gasteiger partial charge >= 0.3 is 0 Å². The van der Waals surface area contributed by atoms with E-state index in [0.29, 0.717) is 11.8 Å². The van der Waals surface area contributed by atoms with E-state index < -0.39 is 6.10 Å². The summed E-state index contributed by atoms with van der Waals surface area (Å²) < 4.78 is 5.70. The minimum atomic E-state index is -0.479. The van der Waals surface area contributed by atoms with Gasteiger partial charge in [-0.3, -0.25) is 4.79 Å². The Balaban J connectivity index is 1.84. The van der Waals surface area contributed by atoms with Crippen LogP contribution >= 0.6 is 0 Å². The monoisotopic (exact) mass is 290 g/mol. The van der Waals surface area contributed by atoms with Gasteiger partial charge < -0.3 is 15.8 Å². The number of ether oxygens (including phenoxy) is 1. The van der Waals surface area contributed by atoms with Crippen molar-refractivity contribution in [1.29, 1.82) is 0 Å². The van der Waals surface area contributed by atoms with Crippen LogP contribution in [0.4, 0.5) is 0 Å². The fourth-order valence-corrected chi connectivity index (χ4v) is 2.67. The lowest BCUT2D eigenvalue weighted by Gasteiger charge is -2.24. The highest BCUT2D eigenvalue weighted by Gasteiger charge is 2.20. The van der Waals surface area contributed by atoms with Crippen molar-refractivity contribution in [3.63, 3.8) is 0 Å². The van der Waals surface area contributed by atoms with Crippen LogP contribution in [0.5, 0.6) is 5.75 Å². The number of carbonyl (C=O) groups is 1. The molecule has 0 spiro atoms. The number of hydrogen-bond donors (Lipinski definition) is 2. The molecule has 116 valence electrons. The number of benzene rings is 1. The Bertz CT molecular complexity index is 450. The molecular weight excluding hydrogens is 264 g/mol. The minimum Gasteiger partial charge on any atom is -0.481 e. The van der Waals surface area contributed by atoms with E-state index in [2.05, 4.69) is 5.32 Å². The molecule has 0 radical (unpaired) electrons. The van der Waals surface area contributed by atoms with Crippen LogP contribution in [0.2, 0.25) is 0 Å². The van der Waals surface area contributed by atoms with E-state index in [1.54, 1.807) is 6.92 Å². The van der Waals surface area contributed by atoms with Crippen molar-refractivity contribution < 1.29 is 9.53 Å². The lowest BCUT2D eigenvalue weighted by molar-refractivity contribution is -0.128. The Kier molecular flexibility index (Phi) is 5.62. The topological polar surface area (TPSA) is 64.3 Å². The molecule has 1 amide bonds. The summed E-state index contributed by atoms with van der Waals surface area (Å²) in [7, 11) is 0. The van der Waals surface area contributed by atoms with Gasteiger partial charge in [-0.25, -0.2) is 0 Å². The summed E-state index contributed by atoms with van der Waals surface area (Å²) in [5.41, 5.74) is 6.87. The fourth-order valence-electron chi connectivity index (χ4n) is 2.67. The molecule has 0 aromatic heterocycles. The first kappa shape index (κ1) is 15.8. The molecule has 1 aliphatic rings. The van der Waals surface area contributed by atoms with Crippen LogP contribution in [0, 0.1) is 0 Å². The molecule has 1 fully saturated rings. The Morgan fingerprint density at radius 2 is 1.81 bits per heavy atom. The maximum absolute atomic E-state index is 12.1. The van der Waals surface area contributed by atoms with Crippen molar-refractivity contribution in [2.75, 3.05) is 0 Å². The van der Waals surface area contributed by atoms with Gasteiger partial charge in [0.1, 0.15) is 5.75 Å². The number of rotatable bonds is 5. The first-order chi connectivity index (χ1) is 10.1. The quantitative estimate of drug-likeness (QED) is 0.876. The van der Waals surface area contributed by atoms with E-state index in [9.17, 15) is 4.79 Å². The number of nitrogens with two attached hydrogens (primary N) is 1. The van der Waals surface area contributed by atoms with E-state index in [1.807, 2.05) is 31.2 Å². The molecule has 21 heavy (non-hydrogen) atoms. The third-order valence-corrected chi connectivity index (χ3v) is 4.04. The first-order valence-electron chi connectivity index (χ1n) is 7.89. The highest BCUT2D eigenvalue weighted by Crippen LogP contribution is 2.19. The van der Waals surface area contributed by atoms with Crippen molar-refractivity contribution in [2.24, 2.45) is 5.73 Å². The van der Waals surface area contributed by atoms with Crippen LogP contribution in [-0.4, -0.2) is 18.1 Å². The fraction of sp³-hybridized carbons (Fsp3) is 0.588. The van der Waals surface area contributed by atoms with E-state index >= 15 is 0 Å². The molecule has 1 aliphatic carbocycles. The summed E-state index contributed by atoms with van der Waals surface area (Å²) in [5, 5.41) is 3.08. The van der Waals surface area contributed by atoms with Crippen molar-refractivity contribution >= 4 is 5.91 Å². The molecule has 2 rings (SSSR count). The Morgan fingerprint density at radius 3 is 2.38 bits per heavy atom. The van der Waals surface area contributed by atoms with Crippen molar-refractivity contribution in [1.82, 2.24) is 5.32 Å². The van der Waals surface area contributed by atoms with Crippen LogP contribution in [-0.2, 0) is 4.79 Å². The molecule has 4 heteroatoms. The second-order valence-corrected chi connectivity index (χ2v) is 5.96. The molecule has 4 nitrogen and oxygen atoms in total. The first-order valence-corrected chi connectivity index (χ1v) is 7.89. The van der Waals surface area contributed by atoms with Crippen molar-refractivity contribution in [2.45, 2.75) is 64.1 Å². The van der Waals surface area contributed by atoms with Gasteiger partial charge in [0.25, 0.3) is 5.91 Å².